The summed E-state index contributed by atoms with van der Waals surface area (Å²) < 4.78 is 178. The fraction of sp³-hybridized carbons (Fsp3) is 0.122. The molecule has 18 rings (SSSR count). The van der Waals surface area contributed by atoms with Crippen LogP contribution in [0.1, 0.15) is 66.8 Å². The lowest BCUT2D eigenvalue weighted by atomic mass is 9.94. The maximum atomic E-state index is 14.2. The number of fused-ring (bicyclic) bond motifs is 12. The van der Waals surface area contributed by atoms with Gasteiger partial charge in [-0.2, -0.15) is 52.7 Å². The van der Waals surface area contributed by atoms with Gasteiger partial charge in [0.2, 0.25) is 0 Å². The lowest BCUT2D eigenvalue weighted by Gasteiger charge is -2.21. The van der Waals surface area contributed by atoms with Crippen molar-refractivity contribution in [3.8, 4) is 67.3 Å². The molecule has 18 aromatic rings. The molecule has 0 aliphatic carbocycles. The number of hydrogen-bond acceptors (Lipinski definition) is 0. The molecule has 6 nitrogen and oxygen atoms in total. The van der Waals surface area contributed by atoms with Crippen molar-refractivity contribution in [2.75, 3.05) is 0 Å². The molecule has 0 radical (unpaired) electrons. The van der Waals surface area contributed by atoms with Crippen molar-refractivity contribution < 1.29 is 52.7 Å². The zero-order valence-electron chi connectivity index (χ0n) is 63.5. The standard InChI is InChI=1S/2C49H33F6N3/c1-27-6-14-42-38(18-27)39-19-28(2)7-15-43(39)57(42)46-24-31(32-22-33(48(50,51)52)25-34(23-32)49(53,54)55)10-12-36(46)37-13-11-35(56-5)26-47(37)58-44-16-8-29(3)20-40(44)41-21-30(4)9-17-45(41)58;1-27-6-13-42-37(18-27)38-19-28(2)7-14-43(38)57(42)46-17-11-35(56-5)26-41(46)36-12-10-31(32-22-33(48(50,51)52)25-34(23-32)49(53,54)55)24-47(36)58-44-15-8-29(3)20-39(44)40-21-30(4)9-16-45(40)58/h2*6-26H,1-4H3. The number of halogens is 12. The predicted octanol–water partition coefficient (Wildman–Crippen LogP) is 30.1. The number of alkyl halides is 12. The summed E-state index contributed by atoms with van der Waals surface area (Å²) >= 11 is 0. The second kappa shape index (κ2) is 27.6. The molecule has 0 atom stereocenters. The molecule has 4 heterocycles. The highest BCUT2D eigenvalue weighted by Crippen LogP contribution is 2.50. The first-order valence-corrected chi connectivity index (χ1v) is 37.2. The van der Waals surface area contributed by atoms with E-state index < -0.39 is 47.0 Å². The average Bonchev–Trinajstić information content (AvgIpc) is 1.56. The molecule has 0 aliphatic rings. The van der Waals surface area contributed by atoms with Crippen LogP contribution in [0.2, 0.25) is 0 Å². The van der Waals surface area contributed by atoms with Crippen LogP contribution >= 0.6 is 0 Å². The van der Waals surface area contributed by atoms with E-state index in [4.69, 9.17) is 13.1 Å². The number of rotatable bonds is 8. The molecule has 0 unspecified atom stereocenters. The molecule has 0 spiro atoms. The third-order valence-electron chi connectivity index (χ3n) is 21.9. The van der Waals surface area contributed by atoms with Crippen LogP contribution in [0.4, 0.5) is 64.1 Å². The van der Waals surface area contributed by atoms with E-state index in [1.54, 1.807) is 54.6 Å². The second-order valence-corrected chi connectivity index (χ2v) is 30.2. The number of benzene rings is 14. The molecule has 14 aromatic carbocycles. The summed E-state index contributed by atoms with van der Waals surface area (Å²) in [7, 11) is 0. The van der Waals surface area contributed by atoms with Crippen molar-refractivity contribution in [3.05, 3.63) is 344 Å². The largest absolute Gasteiger partial charge is 0.416 e. The van der Waals surface area contributed by atoms with Gasteiger partial charge in [0, 0.05) is 65.5 Å². The molecule has 572 valence electrons. The molecular formula is C98H66F12N6. The van der Waals surface area contributed by atoms with Crippen LogP contribution in [0, 0.1) is 68.5 Å². The van der Waals surface area contributed by atoms with E-state index >= 15 is 0 Å². The van der Waals surface area contributed by atoms with Gasteiger partial charge in [-0.15, -0.1) is 0 Å². The molecule has 0 fully saturated rings. The van der Waals surface area contributed by atoms with Crippen LogP contribution in [0.25, 0.3) is 164 Å². The Morgan fingerprint density at radius 2 is 0.431 bits per heavy atom. The van der Waals surface area contributed by atoms with Crippen LogP contribution in [0.5, 0.6) is 0 Å². The molecule has 116 heavy (non-hydrogen) atoms. The molecular weight excluding hydrogens is 1490 g/mol. The van der Waals surface area contributed by atoms with Gasteiger partial charge in [-0.1, -0.05) is 136 Å². The van der Waals surface area contributed by atoms with E-state index in [-0.39, 0.29) is 34.4 Å². The molecule has 4 aromatic heterocycles. The van der Waals surface area contributed by atoms with Crippen molar-refractivity contribution >= 4 is 98.6 Å². The summed E-state index contributed by atoms with van der Waals surface area (Å²) in [5, 5.41) is 7.95. The highest BCUT2D eigenvalue weighted by atomic mass is 19.4. The Morgan fingerprint density at radius 3 is 0.690 bits per heavy atom. The summed E-state index contributed by atoms with van der Waals surface area (Å²) in [6.07, 6.45) is -20.1. The third kappa shape index (κ3) is 13.2. The van der Waals surface area contributed by atoms with Gasteiger partial charge in [0.25, 0.3) is 0 Å². The van der Waals surface area contributed by atoms with Gasteiger partial charge in [0.15, 0.2) is 11.4 Å². The summed E-state index contributed by atoms with van der Waals surface area (Å²) in [5.74, 6) is 0. The zero-order chi connectivity index (χ0) is 81.7. The Labute approximate surface area is 657 Å². The molecule has 18 heteroatoms. The zero-order valence-corrected chi connectivity index (χ0v) is 63.5. The number of aryl methyl sites for hydroxylation is 8. The van der Waals surface area contributed by atoms with Gasteiger partial charge in [0.1, 0.15) is 0 Å². The summed E-state index contributed by atoms with van der Waals surface area (Å²) in [4.78, 5) is 7.58. The smallest absolute Gasteiger partial charge is 0.310 e. The fourth-order valence-corrected chi connectivity index (χ4v) is 16.5. The summed E-state index contributed by atoms with van der Waals surface area (Å²) in [5.41, 5.74) is 15.6. The first kappa shape index (κ1) is 75.1. The molecule has 0 saturated heterocycles. The van der Waals surface area contributed by atoms with Crippen molar-refractivity contribution in [2.45, 2.75) is 80.1 Å². The fourth-order valence-electron chi connectivity index (χ4n) is 16.5. The Balaban J connectivity index is 0.000000167. The molecule has 0 N–H and O–H groups in total. The maximum Gasteiger partial charge on any atom is 0.416 e. The van der Waals surface area contributed by atoms with E-state index in [0.717, 1.165) is 162 Å². The van der Waals surface area contributed by atoms with Crippen LogP contribution < -0.4 is 0 Å². The van der Waals surface area contributed by atoms with Crippen LogP contribution in [-0.2, 0) is 24.7 Å². The van der Waals surface area contributed by atoms with Gasteiger partial charge in [-0.25, -0.2) is 9.69 Å². The molecule has 0 amide bonds. The summed E-state index contributed by atoms with van der Waals surface area (Å²) in [6, 6.07) is 73.4. The lowest BCUT2D eigenvalue weighted by molar-refractivity contribution is -0.144. The minimum absolute atomic E-state index is 0.146. The van der Waals surface area contributed by atoms with Crippen LogP contribution in [0.15, 0.2) is 255 Å². The predicted molar refractivity (Wildman–Crippen MR) is 442 cm³/mol. The van der Waals surface area contributed by atoms with Crippen molar-refractivity contribution in [1.29, 1.82) is 0 Å². The quantitative estimate of drug-likeness (QED) is 0.107. The van der Waals surface area contributed by atoms with Gasteiger partial charge in [-0.05, 0) is 247 Å². The third-order valence-corrected chi connectivity index (χ3v) is 21.9. The number of aromatic nitrogens is 4. The van der Waals surface area contributed by atoms with Gasteiger partial charge < -0.3 is 18.3 Å². The van der Waals surface area contributed by atoms with E-state index in [1.807, 2.05) is 156 Å². The van der Waals surface area contributed by atoms with Crippen LogP contribution in [0.3, 0.4) is 0 Å². The van der Waals surface area contributed by atoms with Gasteiger partial charge >= 0.3 is 24.7 Å². The monoisotopic (exact) mass is 1550 g/mol. The summed E-state index contributed by atoms with van der Waals surface area (Å²) in [6.45, 7) is 32.1. The Hall–Kier alpha value is -13.6. The van der Waals surface area contributed by atoms with E-state index in [0.29, 0.717) is 50.7 Å². The topological polar surface area (TPSA) is 28.4 Å². The van der Waals surface area contributed by atoms with Crippen molar-refractivity contribution in [3.63, 3.8) is 0 Å². The van der Waals surface area contributed by atoms with E-state index in [2.05, 4.69) is 91.6 Å². The normalized spacial score (nSPS) is 12.3. The average molecular weight is 1560 g/mol. The second-order valence-electron chi connectivity index (χ2n) is 30.2. The minimum atomic E-state index is -5.02. The number of hydrogen-bond donors (Lipinski definition) is 0. The Morgan fingerprint density at radius 1 is 0.207 bits per heavy atom. The maximum absolute atomic E-state index is 14.2. The molecule has 0 aliphatic heterocycles. The minimum Gasteiger partial charge on any atom is -0.310 e. The first-order chi connectivity index (χ1) is 55.2. The highest BCUT2D eigenvalue weighted by molar-refractivity contribution is 6.15. The highest BCUT2D eigenvalue weighted by Gasteiger charge is 2.39. The van der Waals surface area contributed by atoms with Crippen molar-refractivity contribution in [1.82, 2.24) is 18.3 Å². The molecule has 0 saturated carbocycles. The van der Waals surface area contributed by atoms with Crippen molar-refractivity contribution in [2.24, 2.45) is 0 Å². The lowest BCUT2D eigenvalue weighted by Crippen LogP contribution is -2.11. The SMILES string of the molecule is [C-]#[N+]c1ccc(-c2ccc(-c3cc(C(F)(F)F)cc(C(F)(F)F)c3)cc2-n2c3ccc(C)cc3c3cc(C)ccc32)c(-n2c3ccc(C)cc3c3cc(C)ccc32)c1.[C-]#[N+]c1ccc(-n2c3ccc(C)cc3c3cc(C)ccc32)c(-c2ccc(-c3cc(C(F)(F)F)cc(C(F)(F)F)c3)cc2-n2c3ccc(C)cc3c3cc(C)ccc32)c1. The van der Waals surface area contributed by atoms with Crippen LogP contribution in [-0.4, -0.2) is 18.3 Å². The Kier molecular flexibility index (Phi) is 17.9. The van der Waals surface area contributed by atoms with E-state index in [1.165, 1.54) is 0 Å². The Bertz CT molecular complexity index is 6980. The van der Waals surface area contributed by atoms with Gasteiger partial charge in [0.05, 0.1) is 96.6 Å². The first-order valence-electron chi connectivity index (χ1n) is 37.2. The molecule has 0 bridgehead atoms. The number of nitrogens with zero attached hydrogens (tertiary/aromatic N) is 6. The van der Waals surface area contributed by atoms with Gasteiger partial charge in [-0.3, -0.25) is 0 Å². The van der Waals surface area contributed by atoms with E-state index in [9.17, 15) is 52.7 Å².